The van der Waals surface area contributed by atoms with Crippen LogP contribution in [-0.4, -0.2) is 52.3 Å². The van der Waals surface area contributed by atoms with Gasteiger partial charge >= 0.3 is 19.4 Å². The Morgan fingerprint density at radius 1 is 1.55 bits per heavy atom. The van der Waals surface area contributed by atoms with Gasteiger partial charge in [-0.15, -0.1) is 0 Å². The van der Waals surface area contributed by atoms with Crippen molar-refractivity contribution in [3.05, 3.63) is 43.0 Å². The fourth-order valence-corrected chi connectivity index (χ4v) is 4.19. The third-order valence-corrected chi connectivity index (χ3v) is 5.80. The van der Waals surface area contributed by atoms with Crippen LogP contribution in [0.3, 0.4) is 0 Å². The van der Waals surface area contributed by atoms with E-state index in [1.807, 2.05) is 0 Å². The molecule has 1 aliphatic rings. The largest absolute Gasteiger partial charge is 0.468 e. The first-order valence-electron chi connectivity index (χ1n) is 9.33. The summed E-state index contributed by atoms with van der Waals surface area (Å²) in [6.07, 6.45) is -0.470. The molecule has 0 spiro atoms. The molecule has 5 atom stereocenters. The average Bonchev–Trinajstić information content (AvgIpc) is 3.09. The van der Waals surface area contributed by atoms with Gasteiger partial charge in [0, 0.05) is 23.1 Å². The van der Waals surface area contributed by atoms with E-state index in [4.69, 9.17) is 14.8 Å². The minimum absolute atomic E-state index is 0.0728. The lowest BCUT2D eigenvalue weighted by Crippen LogP contribution is -2.40. The summed E-state index contributed by atoms with van der Waals surface area (Å²) < 4.78 is 28.9. The summed E-state index contributed by atoms with van der Waals surface area (Å²) in [6, 6.07) is -1.90. The van der Waals surface area contributed by atoms with E-state index in [-0.39, 0.29) is 17.9 Å². The number of rotatable bonds is 9. The van der Waals surface area contributed by atoms with Crippen molar-refractivity contribution in [2.24, 2.45) is 11.0 Å². The maximum absolute atomic E-state index is 12.4. The van der Waals surface area contributed by atoms with Gasteiger partial charge in [-0.2, -0.15) is 0 Å². The molecule has 1 aliphatic heterocycles. The Kier molecular flexibility index (Phi) is 8.18. The van der Waals surface area contributed by atoms with Gasteiger partial charge in [-0.05, 0) is 18.4 Å². The van der Waals surface area contributed by atoms with E-state index in [2.05, 4.69) is 24.8 Å². The molecule has 31 heavy (non-hydrogen) atoms. The molecule has 2 rings (SSSR count). The first-order valence-corrected chi connectivity index (χ1v) is 10.9. The van der Waals surface area contributed by atoms with Crippen LogP contribution in [0.5, 0.6) is 0 Å². The molecule has 0 amide bonds. The van der Waals surface area contributed by atoms with E-state index in [1.54, 1.807) is 13.8 Å². The molecule has 2 heterocycles. The van der Waals surface area contributed by atoms with Crippen molar-refractivity contribution in [1.29, 1.82) is 0 Å². The van der Waals surface area contributed by atoms with Gasteiger partial charge in [-0.1, -0.05) is 19.0 Å². The average molecular weight is 460 g/mol. The smallest absolute Gasteiger partial charge is 0.403 e. The van der Waals surface area contributed by atoms with Crippen LogP contribution in [0.15, 0.2) is 20.9 Å². The molecule has 14 nitrogen and oxygen atoms in total. The summed E-state index contributed by atoms with van der Waals surface area (Å²) in [7, 11) is -3.31. The number of carbonyl (C=O) groups excluding carboxylic acids is 1. The Hall–Kier alpha value is -2.47. The maximum Gasteiger partial charge on any atom is 0.403 e. The third-order valence-electron chi connectivity index (χ3n) is 4.70. The van der Waals surface area contributed by atoms with E-state index < -0.39 is 56.0 Å². The van der Waals surface area contributed by atoms with Crippen LogP contribution >= 0.6 is 7.75 Å². The second-order valence-corrected chi connectivity index (χ2v) is 8.86. The molecule has 1 aromatic rings. The number of carbonyl (C=O) groups is 1. The Morgan fingerprint density at radius 3 is 2.81 bits per heavy atom. The van der Waals surface area contributed by atoms with Crippen molar-refractivity contribution >= 4 is 13.7 Å². The number of H-pyrrole nitrogens is 1. The van der Waals surface area contributed by atoms with Crippen LogP contribution < -0.4 is 16.3 Å². The minimum Gasteiger partial charge on any atom is -0.468 e. The summed E-state index contributed by atoms with van der Waals surface area (Å²) in [5.41, 5.74) is 7.83. The number of esters is 1. The van der Waals surface area contributed by atoms with Crippen LogP contribution in [0, 0.1) is 12.8 Å². The highest BCUT2D eigenvalue weighted by atomic mass is 31.2. The second-order valence-electron chi connectivity index (χ2n) is 7.31. The molecule has 1 saturated heterocycles. The molecular weight excluding hydrogens is 435 g/mol. The number of aromatic nitrogens is 2. The highest BCUT2D eigenvalue weighted by molar-refractivity contribution is 7.50. The van der Waals surface area contributed by atoms with Gasteiger partial charge in [0.15, 0.2) is 0 Å². The second kappa shape index (κ2) is 10.2. The van der Waals surface area contributed by atoms with Gasteiger partial charge in [0.1, 0.15) is 12.3 Å². The molecule has 1 aromatic heterocycles. The number of nitrogens with zero attached hydrogens (tertiary/aromatic N) is 4. The number of ether oxygens (including phenoxy) is 2. The lowest BCUT2D eigenvalue weighted by atomic mass is 10.1. The zero-order valence-corrected chi connectivity index (χ0v) is 18.3. The lowest BCUT2D eigenvalue weighted by Gasteiger charge is -2.24. The first-order chi connectivity index (χ1) is 14.5. The predicted molar refractivity (Wildman–Crippen MR) is 107 cm³/mol. The first kappa shape index (κ1) is 24.8. The number of hydrogen-bond acceptors (Lipinski definition) is 8. The zero-order chi connectivity index (χ0) is 23.3. The Labute approximate surface area is 176 Å². The van der Waals surface area contributed by atoms with Crippen molar-refractivity contribution in [1.82, 2.24) is 14.6 Å². The molecule has 3 unspecified atom stereocenters. The van der Waals surface area contributed by atoms with Gasteiger partial charge in [0.2, 0.25) is 0 Å². The van der Waals surface area contributed by atoms with Crippen LogP contribution in [-0.2, 0) is 23.4 Å². The van der Waals surface area contributed by atoms with E-state index >= 15 is 0 Å². The van der Waals surface area contributed by atoms with Gasteiger partial charge in [-0.25, -0.2) is 14.4 Å². The van der Waals surface area contributed by atoms with Gasteiger partial charge < -0.3 is 14.4 Å². The number of azide groups is 1. The van der Waals surface area contributed by atoms with Crippen molar-refractivity contribution in [2.45, 2.75) is 51.6 Å². The molecule has 0 radical (unpaired) electrons. The SMILES string of the molecule is COC(=O)[C@@H](NP(=O)(O)OC[C@H]1OC(n2cc(C)c(=O)[nH]c2=O)CC1N=[N+]=[N-])C(C)C. The van der Waals surface area contributed by atoms with Crippen LogP contribution in [0.1, 0.15) is 32.1 Å². The third kappa shape index (κ3) is 6.26. The number of methoxy groups -OCH3 is 1. The molecule has 0 aliphatic carbocycles. The molecule has 0 aromatic carbocycles. The lowest BCUT2D eigenvalue weighted by molar-refractivity contribution is -0.143. The number of nitrogens with one attached hydrogen (secondary N) is 2. The minimum atomic E-state index is -4.46. The number of aromatic amines is 1. The van der Waals surface area contributed by atoms with Gasteiger partial charge in [-0.3, -0.25) is 23.7 Å². The highest BCUT2D eigenvalue weighted by Gasteiger charge is 2.39. The monoisotopic (exact) mass is 460 g/mol. The van der Waals surface area contributed by atoms with Crippen molar-refractivity contribution in [2.75, 3.05) is 13.7 Å². The van der Waals surface area contributed by atoms with Crippen molar-refractivity contribution < 1.29 is 28.3 Å². The van der Waals surface area contributed by atoms with Crippen LogP contribution in [0.2, 0.25) is 0 Å². The van der Waals surface area contributed by atoms with E-state index in [0.717, 1.165) is 11.7 Å². The van der Waals surface area contributed by atoms with Gasteiger partial charge in [0.05, 0.1) is 25.9 Å². The standard InChI is InChI=1S/C16H25N6O8P/c1-8(2)13(15(24)28-4)20-31(26,27)29-7-11-10(19-21-17)5-12(30-11)22-6-9(3)14(23)18-16(22)25/h6,8,10-13H,5,7H2,1-4H3,(H,18,23,25)(H2,20,26,27)/t10?,11-,12?,13+/m1/s1. The zero-order valence-electron chi connectivity index (χ0n) is 17.4. The summed E-state index contributed by atoms with van der Waals surface area (Å²) in [5.74, 6) is -1.10. The highest BCUT2D eigenvalue weighted by Crippen LogP contribution is 2.40. The Bertz CT molecular complexity index is 1020. The number of hydrogen-bond donors (Lipinski definition) is 3. The number of aryl methyl sites for hydroxylation is 1. The predicted octanol–water partition coefficient (Wildman–Crippen LogP) is 0.716. The van der Waals surface area contributed by atoms with Gasteiger partial charge in [0.25, 0.3) is 5.56 Å². The van der Waals surface area contributed by atoms with E-state index in [9.17, 15) is 23.8 Å². The fraction of sp³-hybridized carbons (Fsp3) is 0.688. The molecule has 0 bridgehead atoms. The molecule has 1 fully saturated rings. The van der Waals surface area contributed by atoms with Crippen molar-refractivity contribution in [3.63, 3.8) is 0 Å². The fourth-order valence-electron chi connectivity index (χ4n) is 3.01. The van der Waals surface area contributed by atoms with E-state index in [1.165, 1.54) is 13.1 Å². The topological polar surface area (TPSA) is 198 Å². The maximum atomic E-state index is 12.4. The Balaban J connectivity index is 2.14. The summed E-state index contributed by atoms with van der Waals surface area (Å²) in [6.45, 7) is 4.35. The normalized spacial score (nSPS) is 23.7. The Morgan fingerprint density at radius 2 is 2.23 bits per heavy atom. The molecular formula is C16H25N6O8P. The summed E-state index contributed by atoms with van der Waals surface area (Å²) >= 11 is 0. The summed E-state index contributed by atoms with van der Waals surface area (Å²) in [4.78, 5) is 50.5. The quantitative estimate of drug-likeness (QED) is 0.156. The summed E-state index contributed by atoms with van der Waals surface area (Å²) in [5, 5.41) is 5.84. The van der Waals surface area contributed by atoms with Crippen molar-refractivity contribution in [3.8, 4) is 0 Å². The molecule has 0 saturated carbocycles. The molecule has 172 valence electrons. The molecule has 3 N–H and O–H groups in total. The molecule has 15 heteroatoms. The van der Waals surface area contributed by atoms with Crippen LogP contribution in [0.4, 0.5) is 0 Å². The van der Waals surface area contributed by atoms with E-state index in [0.29, 0.717) is 0 Å². The van der Waals surface area contributed by atoms with Crippen LogP contribution in [0.25, 0.3) is 10.4 Å².